The lowest BCUT2D eigenvalue weighted by molar-refractivity contribution is -0.116. The van der Waals surface area contributed by atoms with Gasteiger partial charge in [-0.15, -0.1) is 0 Å². The molecule has 0 aliphatic carbocycles. The zero-order valence-electron chi connectivity index (χ0n) is 6.42. The van der Waals surface area contributed by atoms with Crippen molar-refractivity contribution in [2.75, 3.05) is 0 Å². The third-order valence-corrected chi connectivity index (χ3v) is 2.43. The molecule has 1 N–H and O–H groups in total. The molecule has 0 atom stereocenters. The van der Waals surface area contributed by atoms with E-state index in [1.54, 1.807) is 6.08 Å². The highest BCUT2D eigenvalue weighted by atomic mass is 32.2. The number of thioether (sulfide) groups is 1. The van der Waals surface area contributed by atoms with E-state index in [1.165, 1.54) is 18.7 Å². The number of amides is 1. The molecule has 0 spiro atoms. The first-order valence-electron chi connectivity index (χ1n) is 3.32. The molecule has 3 nitrogen and oxygen atoms in total. The Morgan fingerprint density at radius 2 is 2.42 bits per heavy atom. The van der Waals surface area contributed by atoms with E-state index in [0.717, 1.165) is 0 Å². The van der Waals surface area contributed by atoms with Gasteiger partial charge in [0.2, 0.25) is 0 Å². The van der Waals surface area contributed by atoms with E-state index in [0.29, 0.717) is 15.6 Å². The minimum atomic E-state index is -0.203. The van der Waals surface area contributed by atoms with Crippen molar-refractivity contribution < 1.29 is 9.59 Å². The summed E-state index contributed by atoms with van der Waals surface area (Å²) in [5.74, 6) is -0.167. The topological polar surface area (TPSA) is 46.2 Å². The molecule has 1 saturated heterocycles. The summed E-state index contributed by atoms with van der Waals surface area (Å²) in [6, 6.07) is 0. The number of hydrogen-bond donors (Lipinski definition) is 1. The summed E-state index contributed by atoms with van der Waals surface area (Å²) in [7, 11) is 0. The Morgan fingerprint density at radius 3 is 2.83 bits per heavy atom. The lowest BCUT2D eigenvalue weighted by Crippen LogP contribution is -2.17. The number of Topliss-reactive ketones (excluding diaryl/α,β-unsaturated/α-hetero) is 1. The number of allylic oxidation sites excluding steroid dienone is 1. The molecule has 0 aromatic heterocycles. The minimum Gasteiger partial charge on any atom is -0.307 e. The van der Waals surface area contributed by atoms with Crippen molar-refractivity contribution in [1.29, 1.82) is 0 Å². The normalized spacial score (nSPS) is 19.9. The van der Waals surface area contributed by atoms with Crippen LogP contribution in [-0.4, -0.2) is 16.0 Å². The lowest BCUT2D eigenvalue weighted by atomic mass is 10.3. The van der Waals surface area contributed by atoms with E-state index < -0.39 is 0 Å². The van der Waals surface area contributed by atoms with Crippen LogP contribution in [0, 0.1) is 0 Å². The van der Waals surface area contributed by atoms with E-state index in [1.807, 2.05) is 0 Å². The van der Waals surface area contributed by atoms with Crippen LogP contribution in [0.5, 0.6) is 0 Å². The maximum absolute atomic E-state index is 11.0. The van der Waals surface area contributed by atoms with E-state index in [9.17, 15) is 9.59 Å². The van der Waals surface area contributed by atoms with E-state index in [4.69, 9.17) is 12.2 Å². The van der Waals surface area contributed by atoms with Gasteiger partial charge in [-0.25, -0.2) is 0 Å². The lowest BCUT2D eigenvalue weighted by Gasteiger charge is -1.88. The predicted molar refractivity (Wildman–Crippen MR) is 51.7 cm³/mol. The average Bonchev–Trinajstić information content (AvgIpc) is 2.26. The number of hydrogen-bond acceptors (Lipinski definition) is 4. The summed E-state index contributed by atoms with van der Waals surface area (Å²) < 4.78 is 0.454. The first-order valence-corrected chi connectivity index (χ1v) is 4.55. The van der Waals surface area contributed by atoms with Gasteiger partial charge in [0.05, 0.1) is 4.91 Å². The molecule has 0 saturated carbocycles. The zero-order chi connectivity index (χ0) is 9.14. The fraction of sp³-hybridized carbons (Fsp3) is 0.286. The van der Waals surface area contributed by atoms with E-state index >= 15 is 0 Å². The van der Waals surface area contributed by atoms with Crippen molar-refractivity contribution in [3.8, 4) is 0 Å². The number of rotatable bonds is 2. The van der Waals surface area contributed by atoms with Crippen LogP contribution in [0.15, 0.2) is 11.0 Å². The summed E-state index contributed by atoms with van der Waals surface area (Å²) in [6.07, 6.45) is 1.89. The summed E-state index contributed by atoms with van der Waals surface area (Å²) in [6.45, 7) is 1.48. The monoisotopic (exact) mass is 201 g/mol. The Kier molecular flexibility index (Phi) is 2.99. The summed E-state index contributed by atoms with van der Waals surface area (Å²) in [5, 5.41) is 2.47. The molecule has 1 rings (SSSR count). The molecule has 0 unspecified atom stereocenters. The van der Waals surface area contributed by atoms with Gasteiger partial charge in [0, 0.05) is 6.42 Å². The van der Waals surface area contributed by atoms with Crippen molar-refractivity contribution in [1.82, 2.24) is 5.32 Å². The second kappa shape index (κ2) is 3.82. The standard InChI is InChI=1S/C7H7NO2S2/c1-4(9)2-3-5-6(10)8-7(11)12-5/h3H,2H2,1H3,(H,8,10,11)/b5-3-. The van der Waals surface area contributed by atoms with Gasteiger partial charge in [0.1, 0.15) is 10.1 Å². The van der Waals surface area contributed by atoms with Crippen molar-refractivity contribution in [3.63, 3.8) is 0 Å². The maximum atomic E-state index is 11.0. The molecule has 0 radical (unpaired) electrons. The Morgan fingerprint density at radius 1 is 1.75 bits per heavy atom. The van der Waals surface area contributed by atoms with Crippen LogP contribution in [-0.2, 0) is 9.59 Å². The van der Waals surface area contributed by atoms with E-state index in [-0.39, 0.29) is 11.7 Å². The van der Waals surface area contributed by atoms with Gasteiger partial charge in [0.15, 0.2) is 0 Å². The number of thiocarbonyl (C=S) groups is 1. The van der Waals surface area contributed by atoms with Gasteiger partial charge in [-0.05, 0) is 6.92 Å². The molecule has 1 heterocycles. The van der Waals surface area contributed by atoms with Gasteiger partial charge < -0.3 is 5.32 Å². The Balaban J connectivity index is 2.63. The quantitative estimate of drug-likeness (QED) is 0.535. The highest BCUT2D eigenvalue weighted by molar-refractivity contribution is 8.26. The van der Waals surface area contributed by atoms with Gasteiger partial charge in [-0.3, -0.25) is 9.59 Å². The van der Waals surface area contributed by atoms with Crippen LogP contribution in [0.25, 0.3) is 0 Å². The SMILES string of the molecule is CC(=O)C/C=C1\SC(=S)NC1=O. The predicted octanol–water partition coefficient (Wildman–Crippen LogP) is 0.997. The Bertz CT molecular complexity index is 283. The molecular formula is C7H7NO2S2. The van der Waals surface area contributed by atoms with Crippen LogP contribution < -0.4 is 5.32 Å². The van der Waals surface area contributed by atoms with Gasteiger partial charge in [-0.2, -0.15) is 0 Å². The van der Waals surface area contributed by atoms with Crippen LogP contribution in [0.2, 0.25) is 0 Å². The van der Waals surface area contributed by atoms with Crippen molar-refractivity contribution in [3.05, 3.63) is 11.0 Å². The number of nitrogens with one attached hydrogen (secondary N) is 1. The largest absolute Gasteiger partial charge is 0.307 e. The summed E-state index contributed by atoms with van der Waals surface area (Å²) in [4.78, 5) is 22.1. The number of ketones is 1. The maximum Gasteiger partial charge on any atom is 0.263 e. The third kappa shape index (κ3) is 2.42. The minimum absolute atomic E-state index is 0.0359. The second-order valence-corrected chi connectivity index (χ2v) is 4.04. The number of carbonyl (C=O) groups excluding carboxylic acids is 2. The van der Waals surface area contributed by atoms with Crippen LogP contribution >= 0.6 is 24.0 Å². The number of carbonyl (C=O) groups is 2. The highest BCUT2D eigenvalue weighted by Crippen LogP contribution is 2.23. The molecule has 0 bridgehead atoms. The Hall–Kier alpha value is -0.680. The van der Waals surface area contributed by atoms with E-state index in [2.05, 4.69) is 5.32 Å². The molecule has 12 heavy (non-hydrogen) atoms. The second-order valence-electron chi connectivity index (χ2n) is 2.32. The van der Waals surface area contributed by atoms with Crippen molar-refractivity contribution in [2.24, 2.45) is 0 Å². The van der Waals surface area contributed by atoms with Crippen LogP contribution in [0.4, 0.5) is 0 Å². The fourth-order valence-corrected chi connectivity index (χ4v) is 1.71. The zero-order valence-corrected chi connectivity index (χ0v) is 8.05. The molecule has 0 aromatic carbocycles. The summed E-state index contributed by atoms with van der Waals surface area (Å²) >= 11 is 5.95. The molecule has 64 valence electrons. The average molecular weight is 201 g/mol. The highest BCUT2D eigenvalue weighted by Gasteiger charge is 2.21. The van der Waals surface area contributed by atoms with Gasteiger partial charge in [0.25, 0.3) is 5.91 Å². The molecule has 1 fully saturated rings. The molecule has 1 amide bonds. The molecule has 1 aliphatic heterocycles. The molecule has 5 heteroatoms. The van der Waals surface area contributed by atoms with Crippen molar-refractivity contribution >= 4 is 40.0 Å². The molecule has 1 aliphatic rings. The van der Waals surface area contributed by atoms with Crippen LogP contribution in [0.1, 0.15) is 13.3 Å². The smallest absolute Gasteiger partial charge is 0.263 e. The molecular weight excluding hydrogens is 194 g/mol. The summed E-state index contributed by atoms with van der Waals surface area (Å²) in [5.41, 5.74) is 0. The third-order valence-electron chi connectivity index (χ3n) is 1.22. The fourth-order valence-electron chi connectivity index (χ4n) is 0.697. The van der Waals surface area contributed by atoms with Gasteiger partial charge in [-0.1, -0.05) is 30.1 Å². The Labute approximate surface area is 79.6 Å². The first kappa shape index (κ1) is 9.41. The van der Waals surface area contributed by atoms with Crippen molar-refractivity contribution in [2.45, 2.75) is 13.3 Å². The van der Waals surface area contributed by atoms with Crippen LogP contribution in [0.3, 0.4) is 0 Å². The van der Waals surface area contributed by atoms with Gasteiger partial charge >= 0.3 is 0 Å². The molecule has 0 aromatic rings. The first-order chi connectivity index (χ1) is 5.59.